The van der Waals surface area contributed by atoms with Crippen LogP contribution in [0.1, 0.15) is 16.8 Å². The van der Waals surface area contributed by atoms with Crippen molar-refractivity contribution in [2.45, 2.75) is 24.8 Å². The van der Waals surface area contributed by atoms with Gasteiger partial charge in [-0.1, -0.05) is 30.3 Å². The van der Waals surface area contributed by atoms with Crippen LogP contribution in [0.2, 0.25) is 0 Å². The molecule has 0 atom stereocenters. The SMILES string of the molecule is CS(=O)(=O)c1ncc2c(n1)CN(Cc1ccccc1)C2. The van der Waals surface area contributed by atoms with Crippen molar-refractivity contribution in [2.75, 3.05) is 6.26 Å². The van der Waals surface area contributed by atoms with Crippen LogP contribution >= 0.6 is 0 Å². The maximum atomic E-state index is 11.5. The van der Waals surface area contributed by atoms with Crippen molar-refractivity contribution in [3.8, 4) is 0 Å². The zero-order valence-corrected chi connectivity index (χ0v) is 12.0. The van der Waals surface area contributed by atoms with Crippen molar-refractivity contribution in [3.63, 3.8) is 0 Å². The van der Waals surface area contributed by atoms with E-state index in [0.717, 1.165) is 30.6 Å². The van der Waals surface area contributed by atoms with Crippen LogP contribution in [0.5, 0.6) is 0 Å². The van der Waals surface area contributed by atoms with Crippen LogP contribution < -0.4 is 0 Å². The third-order valence-corrected chi connectivity index (χ3v) is 4.14. The van der Waals surface area contributed by atoms with Crippen LogP contribution in [-0.2, 0) is 29.5 Å². The van der Waals surface area contributed by atoms with Crippen LogP contribution in [0.15, 0.2) is 41.7 Å². The van der Waals surface area contributed by atoms with E-state index < -0.39 is 9.84 Å². The molecule has 1 aromatic heterocycles. The molecule has 0 amide bonds. The monoisotopic (exact) mass is 289 g/mol. The lowest BCUT2D eigenvalue weighted by Crippen LogP contribution is -2.15. The molecule has 1 aliphatic heterocycles. The van der Waals surface area contributed by atoms with Gasteiger partial charge in [0.2, 0.25) is 15.0 Å². The Bertz CT molecular complexity index is 729. The van der Waals surface area contributed by atoms with Gasteiger partial charge in [-0.25, -0.2) is 18.4 Å². The first-order chi connectivity index (χ1) is 9.52. The first-order valence-electron chi connectivity index (χ1n) is 6.33. The van der Waals surface area contributed by atoms with Gasteiger partial charge in [0.25, 0.3) is 0 Å². The molecule has 0 saturated carbocycles. The number of nitrogens with zero attached hydrogens (tertiary/aromatic N) is 3. The minimum atomic E-state index is -3.34. The van der Waals surface area contributed by atoms with Crippen molar-refractivity contribution >= 4 is 9.84 Å². The van der Waals surface area contributed by atoms with E-state index >= 15 is 0 Å². The Kier molecular flexibility index (Phi) is 3.27. The minimum absolute atomic E-state index is 0.0854. The first-order valence-corrected chi connectivity index (χ1v) is 8.22. The molecule has 5 nitrogen and oxygen atoms in total. The maximum Gasteiger partial charge on any atom is 0.247 e. The Morgan fingerprint density at radius 3 is 2.65 bits per heavy atom. The fraction of sp³-hybridized carbons (Fsp3) is 0.286. The molecule has 20 heavy (non-hydrogen) atoms. The van der Waals surface area contributed by atoms with Crippen molar-refractivity contribution in [2.24, 2.45) is 0 Å². The van der Waals surface area contributed by atoms with E-state index in [2.05, 4.69) is 27.0 Å². The van der Waals surface area contributed by atoms with Gasteiger partial charge in [0.1, 0.15) is 0 Å². The summed E-state index contributed by atoms with van der Waals surface area (Å²) in [6.45, 7) is 2.24. The topological polar surface area (TPSA) is 63.2 Å². The van der Waals surface area contributed by atoms with E-state index in [4.69, 9.17) is 0 Å². The molecule has 0 bridgehead atoms. The molecule has 6 heteroatoms. The molecule has 0 aliphatic carbocycles. The zero-order valence-electron chi connectivity index (χ0n) is 11.2. The average molecular weight is 289 g/mol. The highest BCUT2D eigenvalue weighted by molar-refractivity contribution is 7.90. The van der Waals surface area contributed by atoms with Gasteiger partial charge in [-0.2, -0.15) is 0 Å². The van der Waals surface area contributed by atoms with Crippen LogP contribution in [0.3, 0.4) is 0 Å². The van der Waals surface area contributed by atoms with E-state index in [0.29, 0.717) is 6.54 Å². The number of sulfone groups is 1. The zero-order chi connectivity index (χ0) is 14.2. The first kappa shape index (κ1) is 13.2. The lowest BCUT2D eigenvalue weighted by molar-refractivity contribution is 0.274. The number of fused-ring (bicyclic) bond motifs is 1. The number of benzene rings is 1. The fourth-order valence-corrected chi connectivity index (χ4v) is 2.85. The number of hydrogen-bond donors (Lipinski definition) is 0. The van der Waals surface area contributed by atoms with Gasteiger partial charge in [-0.3, -0.25) is 4.90 Å². The molecule has 0 saturated heterocycles. The molecule has 2 heterocycles. The Hall–Kier alpha value is -1.79. The summed E-state index contributed by atoms with van der Waals surface area (Å²) in [7, 11) is -3.34. The number of rotatable bonds is 3. The standard InChI is InChI=1S/C14H15N3O2S/c1-20(18,19)14-15-7-12-9-17(10-13(12)16-14)8-11-5-3-2-4-6-11/h2-7H,8-10H2,1H3. The van der Waals surface area contributed by atoms with Gasteiger partial charge >= 0.3 is 0 Å². The van der Waals surface area contributed by atoms with E-state index in [9.17, 15) is 8.42 Å². The minimum Gasteiger partial charge on any atom is -0.289 e. The van der Waals surface area contributed by atoms with E-state index in [1.807, 2.05) is 18.2 Å². The molecule has 0 N–H and O–H groups in total. The van der Waals surface area contributed by atoms with Crippen LogP contribution in [0, 0.1) is 0 Å². The summed E-state index contributed by atoms with van der Waals surface area (Å²) in [5, 5.41) is -0.0854. The molecule has 1 aliphatic rings. The van der Waals surface area contributed by atoms with E-state index in [1.165, 1.54) is 5.56 Å². The normalized spacial score (nSPS) is 15.2. The van der Waals surface area contributed by atoms with Crippen molar-refractivity contribution in [3.05, 3.63) is 53.3 Å². The van der Waals surface area contributed by atoms with Crippen LogP contribution in [-0.4, -0.2) is 29.5 Å². The Balaban J connectivity index is 1.79. The van der Waals surface area contributed by atoms with Gasteiger partial charge in [0.05, 0.1) is 5.69 Å². The molecule has 104 valence electrons. The highest BCUT2D eigenvalue weighted by Gasteiger charge is 2.23. The molecular weight excluding hydrogens is 274 g/mol. The smallest absolute Gasteiger partial charge is 0.247 e. The van der Waals surface area contributed by atoms with Gasteiger partial charge in [-0.15, -0.1) is 0 Å². The largest absolute Gasteiger partial charge is 0.289 e. The number of aromatic nitrogens is 2. The van der Waals surface area contributed by atoms with Crippen LogP contribution in [0.4, 0.5) is 0 Å². The van der Waals surface area contributed by atoms with Crippen molar-refractivity contribution < 1.29 is 8.42 Å². The summed E-state index contributed by atoms with van der Waals surface area (Å²) in [5.41, 5.74) is 3.06. The van der Waals surface area contributed by atoms with E-state index in [1.54, 1.807) is 6.20 Å². The fourth-order valence-electron chi connectivity index (χ4n) is 2.33. The number of hydrogen-bond acceptors (Lipinski definition) is 5. The van der Waals surface area contributed by atoms with Crippen molar-refractivity contribution in [1.29, 1.82) is 0 Å². The van der Waals surface area contributed by atoms with Gasteiger partial charge in [0, 0.05) is 37.7 Å². The average Bonchev–Trinajstić information content (AvgIpc) is 2.80. The third-order valence-electron chi connectivity index (χ3n) is 3.28. The molecule has 2 aromatic rings. The predicted octanol–water partition coefficient (Wildman–Crippen LogP) is 1.40. The second-order valence-electron chi connectivity index (χ2n) is 5.03. The van der Waals surface area contributed by atoms with Gasteiger partial charge in [0.15, 0.2) is 0 Å². The Morgan fingerprint density at radius 1 is 1.20 bits per heavy atom. The summed E-state index contributed by atoms with van der Waals surface area (Å²) in [4.78, 5) is 10.3. The third kappa shape index (κ3) is 2.71. The van der Waals surface area contributed by atoms with Crippen LogP contribution in [0.25, 0.3) is 0 Å². The Labute approximate surface area is 118 Å². The maximum absolute atomic E-state index is 11.5. The molecular formula is C14H15N3O2S. The van der Waals surface area contributed by atoms with Gasteiger partial charge in [-0.05, 0) is 5.56 Å². The van der Waals surface area contributed by atoms with Gasteiger partial charge < -0.3 is 0 Å². The molecule has 0 unspecified atom stereocenters. The van der Waals surface area contributed by atoms with E-state index in [-0.39, 0.29) is 5.16 Å². The molecule has 1 aromatic carbocycles. The molecule has 0 spiro atoms. The second-order valence-corrected chi connectivity index (χ2v) is 6.94. The molecule has 0 radical (unpaired) electrons. The highest BCUT2D eigenvalue weighted by Crippen LogP contribution is 2.22. The predicted molar refractivity (Wildman–Crippen MR) is 74.5 cm³/mol. The summed E-state index contributed by atoms with van der Waals surface area (Å²) in [5.74, 6) is 0. The summed E-state index contributed by atoms with van der Waals surface area (Å²) < 4.78 is 22.9. The summed E-state index contributed by atoms with van der Waals surface area (Å²) >= 11 is 0. The lowest BCUT2D eigenvalue weighted by Gasteiger charge is -2.13. The van der Waals surface area contributed by atoms with Crippen molar-refractivity contribution in [1.82, 2.24) is 14.9 Å². The lowest BCUT2D eigenvalue weighted by atomic mass is 10.2. The Morgan fingerprint density at radius 2 is 1.95 bits per heavy atom. The molecule has 0 fully saturated rings. The highest BCUT2D eigenvalue weighted by atomic mass is 32.2. The molecule has 3 rings (SSSR count). The second kappa shape index (κ2) is 4.96. The quantitative estimate of drug-likeness (QED) is 0.799. The summed E-state index contributed by atoms with van der Waals surface area (Å²) in [6, 6.07) is 10.2. The summed E-state index contributed by atoms with van der Waals surface area (Å²) in [6.07, 6.45) is 2.76.